The molecule has 3 aromatic rings. The van der Waals surface area contributed by atoms with Crippen LogP contribution >= 0.6 is 23.4 Å². The van der Waals surface area contributed by atoms with Crippen LogP contribution in [0.15, 0.2) is 68.9 Å². The first-order valence-corrected chi connectivity index (χ1v) is 11.8. The molecule has 1 aliphatic heterocycles. The van der Waals surface area contributed by atoms with Crippen molar-refractivity contribution in [3.05, 3.63) is 81.4 Å². The summed E-state index contributed by atoms with van der Waals surface area (Å²) in [6, 6.07) is 13.0. The predicted molar refractivity (Wildman–Crippen MR) is 132 cm³/mol. The highest BCUT2D eigenvalue weighted by atomic mass is 35.5. The van der Waals surface area contributed by atoms with Gasteiger partial charge in [0.05, 0.1) is 33.3 Å². The SMILES string of the molecule is CCOC(=O)c1ccc(N=C2SC(=Cc3ccc(-c4ccc(Cl)c(C(F)(F)F)c4)o3)C(=O)N2C)cc1. The van der Waals surface area contributed by atoms with Crippen LogP contribution in [0.5, 0.6) is 0 Å². The quantitative estimate of drug-likeness (QED) is 0.259. The van der Waals surface area contributed by atoms with Crippen LogP contribution in [0.25, 0.3) is 17.4 Å². The molecule has 0 spiro atoms. The molecule has 1 aliphatic rings. The van der Waals surface area contributed by atoms with Gasteiger partial charge in [-0.25, -0.2) is 9.79 Å². The molecule has 1 fully saturated rings. The molecule has 1 amide bonds. The van der Waals surface area contributed by atoms with E-state index in [2.05, 4.69) is 4.99 Å². The second kappa shape index (κ2) is 10.2. The van der Waals surface area contributed by atoms with Gasteiger partial charge in [0, 0.05) is 18.7 Å². The molecule has 36 heavy (non-hydrogen) atoms. The van der Waals surface area contributed by atoms with Crippen LogP contribution in [-0.4, -0.2) is 35.6 Å². The van der Waals surface area contributed by atoms with E-state index in [0.29, 0.717) is 21.3 Å². The fourth-order valence-electron chi connectivity index (χ4n) is 3.26. The lowest BCUT2D eigenvalue weighted by atomic mass is 10.1. The van der Waals surface area contributed by atoms with Gasteiger partial charge in [-0.15, -0.1) is 0 Å². The Labute approximate surface area is 213 Å². The molecule has 11 heteroatoms. The van der Waals surface area contributed by atoms with Gasteiger partial charge in [0.15, 0.2) is 5.17 Å². The molecule has 0 radical (unpaired) electrons. The number of carbonyl (C=O) groups excluding carboxylic acids is 2. The number of benzene rings is 2. The molecule has 6 nitrogen and oxygen atoms in total. The van der Waals surface area contributed by atoms with Crippen molar-refractivity contribution in [2.45, 2.75) is 13.1 Å². The molecule has 0 aliphatic carbocycles. The lowest BCUT2D eigenvalue weighted by Crippen LogP contribution is -2.23. The number of alkyl halides is 3. The number of likely N-dealkylation sites (N-methyl/N-ethyl adjacent to an activating group) is 1. The largest absolute Gasteiger partial charge is 0.462 e. The molecular formula is C25H18ClF3N2O4S. The second-order valence-electron chi connectivity index (χ2n) is 7.53. The third kappa shape index (κ3) is 5.50. The van der Waals surface area contributed by atoms with Crippen molar-refractivity contribution in [2.75, 3.05) is 13.7 Å². The Morgan fingerprint density at radius 2 is 1.89 bits per heavy atom. The molecule has 4 rings (SSSR count). The van der Waals surface area contributed by atoms with Crippen LogP contribution < -0.4 is 0 Å². The third-order valence-corrected chi connectivity index (χ3v) is 6.45. The van der Waals surface area contributed by atoms with Crippen LogP contribution in [0.2, 0.25) is 5.02 Å². The highest BCUT2D eigenvalue weighted by molar-refractivity contribution is 8.18. The number of furan rings is 1. The average Bonchev–Trinajstić information content (AvgIpc) is 3.40. The number of thioether (sulfide) groups is 1. The topological polar surface area (TPSA) is 72.1 Å². The number of halogens is 4. The van der Waals surface area contributed by atoms with Crippen LogP contribution in [0.1, 0.15) is 28.6 Å². The lowest BCUT2D eigenvalue weighted by Gasteiger charge is -2.09. The Bertz CT molecular complexity index is 1380. The first kappa shape index (κ1) is 25.6. The minimum Gasteiger partial charge on any atom is -0.462 e. The summed E-state index contributed by atoms with van der Waals surface area (Å²) >= 11 is 6.80. The van der Waals surface area contributed by atoms with E-state index in [4.69, 9.17) is 20.8 Å². The summed E-state index contributed by atoms with van der Waals surface area (Å²) in [7, 11) is 1.57. The van der Waals surface area contributed by atoms with Gasteiger partial charge in [-0.05, 0) is 73.3 Å². The van der Waals surface area contributed by atoms with E-state index < -0.39 is 22.7 Å². The number of amides is 1. The third-order valence-electron chi connectivity index (χ3n) is 5.06. The van der Waals surface area contributed by atoms with Gasteiger partial charge < -0.3 is 9.15 Å². The zero-order chi connectivity index (χ0) is 26.0. The summed E-state index contributed by atoms with van der Waals surface area (Å²) in [5.41, 5.74) is 0.168. The van der Waals surface area contributed by atoms with Gasteiger partial charge in [0.1, 0.15) is 11.5 Å². The first-order valence-electron chi connectivity index (χ1n) is 10.6. The Kier molecular flexibility index (Phi) is 7.28. The molecule has 0 saturated carbocycles. The highest BCUT2D eigenvalue weighted by Gasteiger charge is 2.34. The van der Waals surface area contributed by atoms with Crippen molar-refractivity contribution in [3.8, 4) is 11.3 Å². The predicted octanol–water partition coefficient (Wildman–Crippen LogP) is 7.03. The second-order valence-corrected chi connectivity index (χ2v) is 8.95. The Balaban J connectivity index is 1.54. The molecule has 0 atom stereocenters. The summed E-state index contributed by atoms with van der Waals surface area (Å²) in [4.78, 5) is 30.7. The molecule has 2 aromatic carbocycles. The zero-order valence-electron chi connectivity index (χ0n) is 18.9. The maximum Gasteiger partial charge on any atom is 0.417 e. The van der Waals surface area contributed by atoms with Gasteiger partial charge in [-0.1, -0.05) is 11.6 Å². The van der Waals surface area contributed by atoms with Gasteiger partial charge >= 0.3 is 12.1 Å². The number of nitrogens with zero attached hydrogens (tertiary/aromatic N) is 2. The lowest BCUT2D eigenvalue weighted by molar-refractivity contribution is -0.137. The molecular weight excluding hydrogens is 517 g/mol. The molecule has 186 valence electrons. The number of aliphatic imine (C=N–C) groups is 1. The Morgan fingerprint density at radius 3 is 2.56 bits per heavy atom. The van der Waals surface area contributed by atoms with Gasteiger partial charge in [0.25, 0.3) is 5.91 Å². The van der Waals surface area contributed by atoms with Crippen molar-refractivity contribution in [3.63, 3.8) is 0 Å². The van der Waals surface area contributed by atoms with Crippen LogP contribution in [-0.2, 0) is 15.7 Å². The summed E-state index contributed by atoms with van der Waals surface area (Å²) < 4.78 is 50.2. The molecule has 1 saturated heterocycles. The van der Waals surface area contributed by atoms with E-state index in [1.807, 2.05) is 0 Å². The van der Waals surface area contributed by atoms with Gasteiger partial charge in [0.2, 0.25) is 0 Å². The standard InChI is InChI=1S/C25H18ClF3N2O4S/c1-3-34-23(33)14-4-7-16(8-5-14)30-24-31(2)22(32)21(36-24)13-17-9-11-20(35-17)15-6-10-19(26)18(12-15)25(27,28)29/h4-13H,3H2,1-2H3. The van der Waals surface area contributed by atoms with E-state index in [-0.39, 0.29) is 29.6 Å². The van der Waals surface area contributed by atoms with E-state index in [0.717, 1.165) is 23.9 Å². The van der Waals surface area contributed by atoms with Crippen molar-refractivity contribution >= 4 is 52.2 Å². The summed E-state index contributed by atoms with van der Waals surface area (Å²) in [6.07, 6.45) is -3.10. The number of rotatable bonds is 5. The number of amidine groups is 1. The van der Waals surface area contributed by atoms with Crippen LogP contribution in [0.4, 0.5) is 18.9 Å². The van der Waals surface area contributed by atoms with E-state index in [1.54, 1.807) is 44.3 Å². The van der Waals surface area contributed by atoms with E-state index in [9.17, 15) is 22.8 Å². The first-order chi connectivity index (χ1) is 17.1. The van der Waals surface area contributed by atoms with E-state index >= 15 is 0 Å². The fourth-order valence-corrected chi connectivity index (χ4v) is 4.45. The minimum absolute atomic E-state index is 0.198. The number of hydrogen-bond donors (Lipinski definition) is 0. The van der Waals surface area contributed by atoms with Gasteiger partial charge in [-0.3, -0.25) is 9.69 Å². The van der Waals surface area contributed by atoms with Crippen molar-refractivity contribution in [2.24, 2.45) is 4.99 Å². The van der Waals surface area contributed by atoms with E-state index in [1.165, 1.54) is 23.1 Å². The maximum absolute atomic E-state index is 13.2. The number of ether oxygens (including phenoxy) is 1. The molecule has 0 bridgehead atoms. The van der Waals surface area contributed by atoms with Crippen LogP contribution in [0.3, 0.4) is 0 Å². The minimum atomic E-state index is -4.60. The summed E-state index contributed by atoms with van der Waals surface area (Å²) in [6.45, 7) is 1.99. The number of hydrogen-bond acceptors (Lipinski definition) is 6. The molecule has 0 unspecified atom stereocenters. The normalized spacial score (nSPS) is 16.3. The monoisotopic (exact) mass is 534 g/mol. The summed E-state index contributed by atoms with van der Waals surface area (Å²) in [5.74, 6) is -0.262. The smallest absolute Gasteiger partial charge is 0.417 e. The number of esters is 1. The maximum atomic E-state index is 13.2. The average molecular weight is 535 g/mol. The zero-order valence-corrected chi connectivity index (χ0v) is 20.5. The van der Waals surface area contributed by atoms with Crippen molar-refractivity contribution in [1.82, 2.24) is 4.90 Å². The Hall–Kier alpha value is -3.50. The highest BCUT2D eigenvalue weighted by Crippen LogP contribution is 2.38. The van der Waals surface area contributed by atoms with Crippen molar-refractivity contribution < 1.29 is 31.9 Å². The van der Waals surface area contributed by atoms with Crippen LogP contribution in [0, 0.1) is 0 Å². The van der Waals surface area contributed by atoms with Crippen molar-refractivity contribution in [1.29, 1.82) is 0 Å². The molecule has 1 aromatic heterocycles. The molecule has 0 N–H and O–H groups in total. The number of carbonyl (C=O) groups is 2. The van der Waals surface area contributed by atoms with Gasteiger partial charge in [-0.2, -0.15) is 13.2 Å². The summed E-state index contributed by atoms with van der Waals surface area (Å²) in [5, 5.41) is 0.00733. The fraction of sp³-hybridized carbons (Fsp3) is 0.160. The Morgan fingerprint density at radius 1 is 1.17 bits per heavy atom. The molecule has 2 heterocycles.